The van der Waals surface area contributed by atoms with Gasteiger partial charge in [0.25, 0.3) is 0 Å². The van der Waals surface area contributed by atoms with Crippen molar-refractivity contribution in [3.05, 3.63) is 29.3 Å². The molecule has 1 unspecified atom stereocenters. The number of rotatable bonds is 3. The molecule has 0 aromatic heterocycles. The van der Waals surface area contributed by atoms with E-state index < -0.39 is 23.6 Å². The normalized spacial score (nSPS) is 11.8. The van der Waals surface area contributed by atoms with E-state index in [1.165, 1.54) is 7.11 Å². The molecule has 2 N–H and O–H groups in total. The summed E-state index contributed by atoms with van der Waals surface area (Å²) >= 11 is 0. The first-order valence-electron chi connectivity index (χ1n) is 3.63. The maximum atomic E-state index is 13.1. The van der Waals surface area contributed by atoms with E-state index in [1.807, 2.05) is 0 Å². The molecule has 0 aliphatic heterocycles. The minimum atomic E-state index is -2.20. The molecule has 0 spiro atoms. The van der Waals surface area contributed by atoms with Crippen LogP contribution in [0.5, 0.6) is 5.75 Å². The van der Waals surface area contributed by atoms with Gasteiger partial charge >= 0.3 is 0 Å². The van der Waals surface area contributed by atoms with Crippen LogP contribution in [0.25, 0.3) is 0 Å². The first-order chi connectivity index (χ1) is 6.61. The summed E-state index contributed by atoms with van der Waals surface area (Å²) in [6.45, 7) is 0. The summed E-state index contributed by atoms with van der Waals surface area (Å²) < 4.78 is 43.3. The monoisotopic (exact) mass is 243 g/mol. The van der Waals surface area contributed by atoms with Crippen LogP contribution in [0.4, 0.5) is 13.2 Å². The summed E-state index contributed by atoms with van der Waals surface area (Å²) in [6.07, 6.45) is -2.20. The van der Waals surface area contributed by atoms with E-state index in [0.29, 0.717) is 0 Å². The molecule has 1 rings (SSSR count). The molecule has 86 valence electrons. The SMILES string of the molecule is COc1ccc(C(F)ON)c(F)c1F.Cl. The molecule has 0 radical (unpaired) electrons. The van der Waals surface area contributed by atoms with Gasteiger partial charge in [-0.15, -0.1) is 12.4 Å². The molecule has 0 fully saturated rings. The van der Waals surface area contributed by atoms with E-state index in [9.17, 15) is 13.2 Å². The summed E-state index contributed by atoms with van der Waals surface area (Å²) in [4.78, 5) is 3.73. The lowest BCUT2D eigenvalue weighted by molar-refractivity contribution is -0.0456. The van der Waals surface area contributed by atoms with Crippen molar-refractivity contribution in [2.75, 3.05) is 7.11 Å². The van der Waals surface area contributed by atoms with Crippen LogP contribution in [0.15, 0.2) is 12.1 Å². The molecular formula is C8H9ClF3NO2. The van der Waals surface area contributed by atoms with Crippen LogP contribution in [-0.2, 0) is 4.84 Å². The van der Waals surface area contributed by atoms with Crippen LogP contribution in [0.2, 0.25) is 0 Å². The lowest BCUT2D eigenvalue weighted by atomic mass is 10.2. The average molecular weight is 244 g/mol. The molecule has 0 saturated heterocycles. The van der Waals surface area contributed by atoms with Gasteiger partial charge in [-0.1, -0.05) is 0 Å². The highest BCUT2D eigenvalue weighted by Gasteiger charge is 2.20. The molecule has 15 heavy (non-hydrogen) atoms. The third kappa shape index (κ3) is 2.74. The Labute approximate surface area is 90.3 Å². The Morgan fingerprint density at radius 2 is 1.87 bits per heavy atom. The Morgan fingerprint density at radius 3 is 2.33 bits per heavy atom. The molecule has 1 aromatic rings. The smallest absolute Gasteiger partial charge is 0.245 e. The van der Waals surface area contributed by atoms with Crippen molar-refractivity contribution in [3.63, 3.8) is 0 Å². The molecule has 7 heteroatoms. The van der Waals surface area contributed by atoms with Crippen LogP contribution in [-0.4, -0.2) is 7.11 Å². The molecule has 0 amide bonds. The molecule has 0 heterocycles. The zero-order chi connectivity index (χ0) is 10.7. The highest BCUT2D eigenvalue weighted by Crippen LogP contribution is 2.27. The molecule has 1 aromatic carbocycles. The number of halogens is 4. The highest BCUT2D eigenvalue weighted by molar-refractivity contribution is 5.85. The van der Waals surface area contributed by atoms with E-state index in [-0.39, 0.29) is 18.2 Å². The average Bonchev–Trinajstić information content (AvgIpc) is 2.21. The van der Waals surface area contributed by atoms with E-state index >= 15 is 0 Å². The highest BCUT2D eigenvalue weighted by atomic mass is 35.5. The number of methoxy groups -OCH3 is 1. The van der Waals surface area contributed by atoms with Gasteiger partial charge in [-0.25, -0.2) is 14.7 Å². The molecular weight excluding hydrogens is 235 g/mol. The van der Waals surface area contributed by atoms with Crippen molar-refractivity contribution in [1.82, 2.24) is 0 Å². The van der Waals surface area contributed by atoms with E-state index in [2.05, 4.69) is 15.5 Å². The first-order valence-corrected chi connectivity index (χ1v) is 3.63. The second kappa shape index (κ2) is 5.79. The summed E-state index contributed by atoms with van der Waals surface area (Å²) in [5.74, 6) is 1.54. The van der Waals surface area contributed by atoms with Crippen LogP contribution in [0.3, 0.4) is 0 Å². The number of alkyl halides is 1. The second-order valence-corrected chi connectivity index (χ2v) is 2.44. The van der Waals surface area contributed by atoms with Crippen LogP contribution in [0, 0.1) is 11.6 Å². The zero-order valence-electron chi connectivity index (χ0n) is 7.67. The maximum Gasteiger partial charge on any atom is 0.245 e. The largest absolute Gasteiger partial charge is 0.494 e. The lowest BCUT2D eigenvalue weighted by Gasteiger charge is -2.09. The molecule has 0 aliphatic rings. The van der Waals surface area contributed by atoms with Crippen molar-refractivity contribution in [3.8, 4) is 5.75 Å². The Hall–Kier alpha value is -0.980. The predicted octanol–water partition coefficient (Wildman–Crippen LogP) is 2.25. The predicted molar refractivity (Wildman–Crippen MR) is 49.3 cm³/mol. The van der Waals surface area contributed by atoms with Crippen molar-refractivity contribution < 1.29 is 22.7 Å². The van der Waals surface area contributed by atoms with Crippen molar-refractivity contribution >= 4 is 12.4 Å². The molecule has 1 atom stereocenters. The van der Waals surface area contributed by atoms with Crippen LogP contribution < -0.4 is 10.6 Å². The number of nitrogens with two attached hydrogens (primary N) is 1. The van der Waals surface area contributed by atoms with Crippen molar-refractivity contribution in [2.45, 2.75) is 6.36 Å². The quantitative estimate of drug-likeness (QED) is 0.828. The standard InChI is InChI=1S/C8H8F3NO2.ClH/c1-13-5-3-2-4(8(11)14-12)6(9)7(5)10;/h2-3,8H,12H2,1H3;1H. The fourth-order valence-electron chi connectivity index (χ4n) is 0.953. The van der Waals surface area contributed by atoms with Gasteiger partial charge in [-0.05, 0) is 12.1 Å². The summed E-state index contributed by atoms with van der Waals surface area (Å²) in [7, 11) is 1.17. The Kier molecular flexibility index (Phi) is 5.41. The van der Waals surface area contributed by atoms with Gasteiger partial charge in [-0.3, -0.25) is 4.84 Å². The molecule has 0 saturated carbocycles. The van der Waals surface area contributed by atoms with Gasteiger partial charge in [0.1, 0.15) is 0 Å². The van der Waals surface area contributed by atoms with E-state index in [4.69, 9.17) is 0 Å². The first kappa shape index (κ1) is 14.0. The van der Waals surface area contributed by atoms with E-state index in [0.717, 1.165) is 12.1 Å². The van der Waals surface area contributed by atoms with Crippen LogP contribution >= 0.6 is 12.4 Å². The van der Waals surface area contributed by atoms with Crippen LogP contribution in [0.1, 0.15) is 11.9 Å². The third-order valence-corrected chi connectivity index (χ3v) is 1.66. The topological polar surface area (TPSA) is 44.5 Å². The lowest BCUT2D eigenvalue weighted by Crippen LogP contribution is -2.07. The van der Waals surface area contributed by atoms with Gasteiger partial charge in [0.2, 0.25) is 12.2 Å². The van der Waals surface area contributed by atoms with Crippen molar-refractivity contribution in [1.29, 1.82) is 0 Å². The second-order valence-electron chi connectivity index (χ2n) is 2.44. The van der Waals surface area contributed by atoms with Gasteiger partial charge in [-0.2, -0.15) is 4.39 Å². The minimum absolute atomic E-state index is 0. The van der Waals surface area contributed by atoms with Gasteiger partial charge in [0.15, 0.2) is 11.6 Å². The Balaban J connectivity index is 0.00000196. The van der Waals surface area contributed by atoms with Gasteiger partial charge in [0, 0.05) is 0 Å². The van der Waals surface area contributed by atoms with Crippen molar-refractivity contribution in [2.24, 2.45) is 5.90 Å². The fraction of sp³-hybridized carbons (Fsp3) is 0.250. The number of ether oxygens (including phenoxy) is 1. The van der Waals surface area contributed by atoms with E-state index in [1.54, 1.807) is 0 Å². The minimum Gasteiger partial charge on any atom is -0.494 e. The van der Waals surface area contributed by atoms with Gasteiger partial charge in [0.05, 0.1) is 12.7 Å². The Bertz CT molecular complexity index is 338. The summed E-state index contributed by atoms with van der Waals surface area (Å²) in [6, 6.07) is 2.08. The fourth-order valence-corrected chi connectivity index (χ4v) is 0.953. The number of hydrogen-bond donors (Lipinski definition) is 1. The Morgan fingerprint density at radius 1 is 1.27 bits per heavy atom. The summed E-state index contributed by atoms with van der Waals surface area (Å²) in [5, 5.41) is 0. The third-order valence-electron chi connectivity index (χ3n) is 1.66. The number of benzene rings is 1. The molecule has 3 nitrogen and oxygen atoms in total. The number of hydrogen-bond acceptors (Lipinski definition) is 3. The molecule has 0 aliphatic carbocycles. The summed E-state index contributed by atoms with van der Waals surface area (Å²) in [5.41, 5.74) is -0.606. The van der Waals surface area contributed by atoms with Gasteiger partial charge < -0.3 is 4.74 Å². The molecule has 0 bridgehead atoms. The zero-order valence-corrected chi connectivity index (χ0v) is 8.48. The maximum absolute atomic E-state index is 13.1.